The van der Waals surface area contributed by atoms with Crippen LogP contribution in [0.4, 0.5) is 0 Å². The lowest BCUT2D eigenvalue weighted by Gasteiger charge is -2.34. The average Bonchev–Trinajstić information content (AvgIpc) is 2.61. The van der Waals surface area contributed by atoms with Gasteiger partial charge in [0.25, 0.3) is 0 Å². The van der Waals surface area contributed by atoms with Crippen LogP contribution in [-0.4, -0.2) is 12.7 Å². The maximum absolute atomic E-state index is 4.39. The highest BCUT2D eigenvalue weighted by molar-refractivity contribution is 6.60. The van der Waals surface area contributed by atoms with Gasteiger partial charge < -0.3 is 5.32 Å². The Labute approximate surface area is 155 Å². The summed E-state index contributed by atoms with van der Waals surface area (Å²) >= 11 is 0. The van der Waals surface area contributed by atoms with Gasteiger partial charge in [0.1, 0.15) is 0 Å². The lowest BCUT2D eigenvalue weighted by molar-refractivity contribution is 0.350. The largest absolute Gasteiger partial charge is 0.393 e. The molecule has 25 heavy (non-hydrogen) atoms. The van der Waals surface area contributed by atoms with E-state index in [1.807, 2.05) is 0 Å². The van der Waals surface area contributed by atoms with Crippen molar-refractivity contribution in [2.45, 2.75) is 77.4 Å². The predicted molar refractivity (Wildman–Crippen MR) is 112 cm³/mol. The van der Waals surface area contributed by atoms with Crippen LogP contribution in [0.1, 0.15) is 69.1 Å². The van der Waals surface area contributed by atoms with Crippen LogP contribution in [0.25, 0.3) is 5.57 Å². The molecule has 1 nitrogen and oxygen atoms in total. The van der Waals surface area contributed by atoms with Crippen molar-refractivity contribution in [3.8, 4) is 0 Å². The molecule has 0 aromatic heterocycles. The Morgan fingerprint density at radius 3 is 2.64 bits per heavy atom. The number of rotatable bonds is 6. The quantitative estimate of drug-likeness (QED) is 0.643. The summed E-state index contributed by atoms with van der Waals surface area (Å²) in [6.45, 7) is 13.7. The molecule has 0 spiro atoms. The van der Waals surface area contributed by atoms with E-state index < -0.39 is 0 Å². The minimum Gasteiger partial charge on any atom is -0.393 e. The molecular formula is C23H34BN. The third-order valence-electron chi connectivity index (χ3n) is 6.38. The molecule has 2 aliphatic rings. The average molecular weight is 335 g/mol. The third-order valence-corrected chi connectivity index (χ3v) is 6.38. The van der Waals surface area contributed by atoms with Crippen LogP contribution in [0.15, 0.2) is 37.1 Å². The zero-order valence-electron chi connectivity index (χ0n) is 16.2. The second-order valence-corrected chi connectivity index (χ2v) is 8.36. The molecule has 1 atom stereocenters. The zero-order valence-corrected chi connectivity index (χ0v) is 16.2. The summed E-state index contributed by atoms with van der Waals surface area (Å²) in [7, 11) is 0. The fraction of sp³-hybridized carbons (Fsp3) is 0.565. The summed E-state index contributed by atoms with van der Waals surface area (Å²) in [6, 6.07) is 6.75. The van der Waals surface area contributed by atoms with Crippen molar-refractivity contribution in [2.75, 3.05) is 0 Å². The maximum Gasteiger partial charge on any atom is 0.171 e. The van der Waals surface area contributed by atoms with Crippen LogP contribution in [0.3, 0.4) is 0 Å². The van der Waals surface area contributed by atoms with Crippen molar-refractivity contribution in [3.05, 3.63) is 53.7 Å². The van der Waals surface area contributed by atoms with Gasteiger partial charge in [0, 0.05) is 11.6 Å². The van der Waals surface area contributed by atoms with Gasteiger partial charge in [-0.2, -0.15) is 0 Å². The van der Waals surface area contributed by atoms with E-state index in [4.69, 9.17) is 0 Å². The number of hydrogen-bond acceptors (Lipinski definition) is 1. The lowest BCUT2D eigenvalue weighted by Crippen LogP contribution is -2.48. The molecule has 0 radical (unpaired) electrons. The van der Waals surface area contributed by atoms with Gasteiger partial charge in [-0.15, -0.1) is 0 Å². The summed E-state index contributed by atoms with van der Waals surface area (Å²) in [5.74, 6) is 1.40. The summed E-state index contributed by atoms with van der Waals surface area (Å²) in [4.78, 5) is 0. The molecule has 134 valence electrons. The first-order valence-corrected chi connectivity index (χ1v) is 10.3. The second kappa shape index (κ2) is 8.30. The lowest BCUT2D eigenvalue weighted by atomic mass is 9.36. The fourth-order valence-corrected chi connectivity index (χ4v) is 4.93. The van der Waals surface area contributed by atoms with Crippen molar-refractivity contribution >= 4 is 12.3 Å². The molecular weight excluding hydrogens is 301 g/mol. The van der Waals surface area contributed by atoms with E-state index in [0.717, 1.165) is 12.3 Å². The van der Waals surface area contributed by atoms with Gasteiger partial charge >= 0.3 is 0 Å². The van der Waals surface area contributed by atoms with E-state index >= 15 is 0 Å². The highest BCUT2D eigenvalue weighted by atomic mass is 14.9. The van der Waals surface area contributed by atoms with Crippen LogP contribution < -0.4 is 5.32 Å². The van der Waals surface area contributed by atoms with Gasteiger partial charge in [-0.1, -0.05) is 82.3 Å². The summed E-state index contributed by atoms with van der Waals surface area (Å²) in [5, 5.41) is 3.84. The van der Waals surface area contributed by atoms with Crippen LogP contribution in [-0.2, 0) is 12.7 Å². The van der Waals surface area contributed by atoms with E-state index in [-0.39, 0.29) is 0 Å². The molecule has 1 unspecified atom stereocenters. The Bertz CT molecular complexity index is 627. The number of fused-ring (bicyclic) bond motifs is 1. The van der Waals surface area contributed by atoms with Crippen LogP contribution in [0, 0.1) is 5.92 Å². The molecule has 0 saturated heterocycles. The second-order valence-electron chi connectivity index (χ2n) is 8.36. The van der Waals surface area contributed by atoms with Crippen LogP contribution in [0.2, 0.25) is 6.32 Å². The first-order chi connectivity index (χ1) is 12.1. The van der Waals surface area contributed by atoms with Crippen molar-refractivity contribution in [1.82, 2.24) is 5.32 Å². The number of benzene rings is 1. The van der Waals surface area contributed by atoms with Gasteiger partial charge in [-0.05, 0) is 48.7 Å². The molecule has 1 N–H and O–H groups in total. The Hall–Kier alpha value is -1.44. The Morgan fingerprint density at radius 1 is 1.20 bits per heavy atom. The molecule has 3 rings (SSSR count). The molecule has 1 aliphatic carbocycles. The number of nitrogens with one attached hydrogen (secondary N) is 1. The highest BCUT2D eigenvalue weighted by Crippen LogP contribution is 2.31. The van der Waals surface area contributed by atoms with E-state index in [9.17, 15) is 0 Å². The minimum absolute atomic E-state index is 0.536. The molecule has 1 saturated carbocycles. The van der Waals surface area contributed by atoms with Gasteiger partial charge in [0.2, 0.25) is 0 Å². The SMILES string of the molecule is C=C(CC1CCCCC1)NC1Cc2cccc(C(=C)C)c2CB1CC. The van der Waals surface area contributed by atoms with Crippen molar-refractivity contribution in [1.29, 1.82) is 0 Å². The van der Waals surface area contributed by atoms with Crippen LogP contribution >= 0.6 is 0 Å². The van der Waals surface area contributed by atoms with Crippen molar-refractivity contribution < 1.29 is 0 Å². The summed E-state index contributed by atoms with van der Waals surface area (Å²) in [6.07, 6.45) is 11.7. The van der Waals surface area contributed by atoms with E-state index in [1.165, 1.54) is 79.1 Å². The first kappa shape index (κ1) is 18.4. The Morgan fingerprint density at radius 2 is 1.96 bits per heavy atom. The molecule has 0 bridgehead atoms. The van der Waals surface area contributed by atoms with Crippen molar-refractivity contribution in [3.63, 3.8) is 0 Å². The van der Waals surface area contributed by atoms with Gasteiger partial charge in [0.05, 0.1) is 0 Å². The molecule has 1 fully saturated rings. The van der Waals surface area contributed by atoms with Gasteiger partial charge in [-0.3, -0.25) is 0 Å². The molecule has 1 heterocycles. The first-order valence-electron chi connectivity index (χ1n) is 10.3. The van der Waals surface area contributed by atoms with E-state index in [1.54, 1.807) is 0 Å². The summed E-state index contributed by atoms with van der Waals surface area (Å²) < 4.78 is 0. The maximum atomic E-state index is 4.39. The topological polar surface area (TPSA) is 12.0 Å². The standard InChI is InChI=1S/C23H34BN/c1-5-24-16-22-20(12-9-13-21(22)17(2)3)15-23(24)25-18(4)14-19-10-7-6-8-11-19/h9,12-13,19,23,25H,2,4-8,10-11,14-16H2,1,3H3. The van der Waals surface area contributed by atoms with Gasteiger partial charge in [0.15, 0.2) is 6.71 Å². The normalized spacial score (nSPS) is 20.9. The fourth-order valence-electron chi connectivity index (χ4n) is 4.93. The molecule has 0 amide bonds. The summed E-state index contributed by atoms with van der Waals surface area (Å²) in [5.41, 5.74) is 6.89. The molecule has 1 aromatic rings. The van der Waals surface area contributed by atoms with Crippen LogP contribution in [0.5, 0.6) is 0 Å². The monoisotopic (exact) mass is 335 g/mol. The molecule has 1 aromatic carbocycles. The smallest absolute Gasteiger partial charge is 0.171 e. The number of hydrogen-bond donors (Lipinski definition) is 1. The number of allylic oxidation sites excluding steroid dienone is 2. The highest BCUT2D eigenvalue weighted by Gasteiger charge is 2.31. The van der Waals surface area contributed by atoms with E-state index in [0.29, 0.717) is 12.7 Å². The van der Waals surface area contributed by atoms with E-state index in [2.05, 4.69) is 50.5 Å². The van der Waals surface area contributed by atoms with Crippen molar-refractivity contribution in [2.24, 2.45) is 5.92 Å². The minimum atomic E-state index is 0.536. The van der Waals surface area contributed by atoms with Gasteiger partial charge in [-0.25, -0.2) is 0 Å². The Kier molecular flexibility index (Phi) is 6.09. The molecule has 1 aliphatic heterocycles. The Balaban J connectivity index is 1.68. The zero-order chi connectivity index (χ0) is 17.8. The molecule has 2 heteroatoms. The third kappa shape index (κ3) is 4.40. The predicted octanol–water partition coefficient (Wildman–Crippen LogP) is 5.85.